The second-order valence-electron chi connectivity index (χ2n) is 6.03. The highest BCUT2D eigenvalue weighted by Gasteiger charge is 2.12. The van der Waals surface area contributed by atoms with E-state index in [0.717, 1.165) is 6.08 Å². The van der Waals surface area contributed by atoms with Crippen molar-refractivity contribution in [2.24, 2.45) is 0 Å². The lowest BCUT2D eigenvalue weighted by Crippen LogP contribution is -2.22. The summed E-state index contributed by atoms with van der Waals surface area (Å²) in [6, 6.07) is 10.0. The van der Waals surface area contributed by atoms with Crippen LogP contribution in [0, 0.1) is 0 Å². The first-order valence-corrected chi connectivity index (χ1v) is 8.32. The van der Waals surface area contributed by atoms with Gasteiger partial charge in [0.05, 0.1) is 7.11 Å². The van der Waals surface area contributed by atoms with E-state index in [1.807, 2.05) is 64.1 Å². The highest BCUT2D eigenvalue weighted by molar-refractivity contribution is 5.86. The zero-order valence-corrected chi connectivity index (χ0v) is 17.6. The first-order chi connectivity index (χ1) is 12.5. The molecule has 0 saturated carbocycles. The summed E-state index contributed by atoms with van der Waals surface area (Å²) >= 11 is 0. The number of ether oxygens (including phenoxy) is 2. The van der Waals surface area contributed by atoms with E-state index in [2.05, 4.69) is 31.1 Å². The summed E-state index contributed by atoms with van der Waals surface area (Å²) < 4.78 is 9.10. The third-order valence-corrected chi connectivity index (χ3v) is 2.14. The lowest BCUT2D eigenvalue weighted by molar-refractivity contribution is -0.148. The number of hydrogen-bond donors (Lipinski definition) is 0. The zero-order valence-electron chi connectivity index (χ0n) is 17.6. The highest BCUT2D eigenvalue weighted by Crippen LogP contribution is 2.06. The van der Waals surface area contributed by atoms with Gasteiger partial charge in [-0.05, 0) is 40.2 Å². The number of hydrogen-bond acceptors (Lipinski definition) is 4. The maximum absolute atomic E-state index is 10.5. The molecule has 0 unspecified atom stereocenters. The summed E-state index contributed by atoms with van der Waals surface area (Å²) in [6.07, 6.45) is 4.74. The minimum Gasteiger partial charge on any atom is -0.466 e. The molecule has 0 aliphatic carbocycles. The van der Waals surface area contributed by atoms with Crippen LogP contribution in [0.5, 0.6) is 0 Å². The minimum atomic E-state index is -0.398. The van der Waals surface area contributed by atoms with Gasteiger partial charge in [0.2, 0.25) is 0 Å². The van der Waals surface area contributed by atoms with Crippen molar-refractivity contribution in [1.82, 2.24) is 0 Å². The fraction of sp³-hybridized carbons (Fsp3) is 0.304. The van der Waals surface area contributed by atoms with Crippen molar-refractivity contribution < 1.29 is 19.1 Å². The molecule has 0 radical (unpaired) electrons. The van der Waals surface area contributed by atoms with Crippen LogP contribution in [0.4, 0.5) is 0 Å². The molecule has 0 aromatic heterocycles. The van der Waals surface area contributed by atoms with E-state index in [9.17, 15) is 9.59 Å². The second-order valence-corrected chi connectivity index (χ2v) is 6.03. The lowest BCUT2D eigenvalue weighted by atomic mass is 10.2. The van der Waals surface area contributed by atoms with Crippen LogP contribution in [0.15, 0.2) is 74.4 Å². The van der Waals surface area contributed by atoms with Crippen molar-refractivity contribution in [3.05, 3.63) is 79.9 Å². The van der Waals surface area contributed by atoms with E-state index in [1.54, 1.807) is 13.0 Å². The average molecular weight is 375 g/mol. The Labute approximate surface area is 164 Å². The van der Waals surface area contributed by atoms with Gasteiger partial charge >= 0.3 is 11.9 Å². The molecule has 150 valence electrons. The molecule has 1 aromatic rings. The van der Waals surface area contributed by atoms with E-state index >= 15 is 0 Å². The van der Waals surface area contributed by atoms with Crippen LogP contribution in [0.3, 0.4) is 0 Å². The number of benzene rings is 1. The van der Waals surface area contributed by atoms with E-state index in [1.165, 1.54) is 12.7 Å². The molecule has 1 rings (SSSR count). The number of esters is 2. The Bertz CT molecular complexity index is 578. The quantitative estimate of drug-likeness (QED) is 0.383. The Morgan fingerprint density at radius 2 is 1.48 bits per heavy atom. The Hall–Kier alpha value is -2.88. The van der Waals surface area contributed by atoms with Gasteiger partial charge in [0.15, 0.2) is 0 Å². The van der Waals surface area contributed by atoms with Crippen LogP contribution < -0.4 is 0 Å². The maximum atomic E-state index is 10.5. The average Bonchev–Trinajstić information content (AvgIpc) is 2.61. The van der Waals surface area contributed by atoms with Crippen LogP contribution in [-0.4, -0.2) is 24.6 Å². The molecule has 0 aliphatic heterocycles. The number of carbonyl (C=O) groups excluding carboxylic acids is 2. The first-order valence-electron chi connectivity index (χ1n) is 8.32. The largest absolute Gasteiger partial charge is 0.466 e. The smallest absolute Gasteiger partial charge is 0.332 e. The van der Waals surface area contributed by atoms with E-state index in [-0.39, 0.29) is 11.9 Å². The van der Waals surface area contributed by atoms with Crippen molar-refractivity contribution in [2.45, 2.75) is 40.2 Å². The first kappa shape index (κ1) is 28.9. The van der Waals surface area contributed by atoms with Gasteiger partial charge in [0.1, 0.15) is 5.60 Å². The molecule has 0 bridgehead atoms. The van der Waals surface area contributed by atoms with Crippen molar-refractivity contribution >= 4 is 18.0 Å². The maximum Gasteiger partial charge on any atom is 0.332 e. The number of rotatable bonds is 3. The van der Waals surface area contributed by atoms with Crippen molar-refractivity contribution in [3.8, 4) is 0 Å². The third kappa shape index (κ3) is 25.5. The van der Waals surface area contributed by atoms with Crippen LogP contribution in [0.1, 0.15) is 40.2 Å². The zero-order chi connectivity index (χ0) is 21.9. The highest BCUT2D eigenvalue weighted by atomic mass is 16.6. The number of allylic oxidation sites excluding steroid dienone is 1. The summed E-state index contributed by atoms with van der Waals surface area (Å²) in [5, 5.41) is 0. The third-order valence-electron chi connectivity index (χ3n) is 2.14. The fourth-order valence-electron chi connectivity index (χ4n) is 1.11. The van der Waals surface area contributed by atoms with Gasteiger partial charge in [-0.15, -0.1) is 6.58 Å². The Morgan fingerprint density at radius 3 is 1.63 bits per heavy atom. The van der Waals surface area contributed by atoms with Gasteiger partial charge in [-0.3, -0.25) is 0 Å². The molecule has 27 heavy (non-hydrogen) atoms. The molecule has 0 heterocycles. The Balaban J connectivity index is -0.000000300. The molecule has 0 N–H and O–H groups in total. The molecule has 0 atom stereocenters. The summed E-state index contributed by atoms with van der Waals surface area (Å²) in [6.45, 7) is 22.5. The molecule has 4 nitrogen and oxygen atoms in total. The van der Waals surface area contributed by atoms with Gasteiger partial charge in [0, 0.05) is 11.6 Å². The lowest BCUT2D eigenvalue weighted by Gasteiger charge is -2.17. The Kier molecular flexibility index (Phi) is 19.2. The van der Waals surface area contributed by atoms with E-state index < -0.39 is 5.60 Å². The summed E-state index contributed by atoms with van der Waals surface area (Å²) in [4.78, 5) is 20.7. The van der Waals surface area contributed by atoms with Gasteiger partial charge in [-0.25, -0.2) is 9.59 Å². The SMILES string of the molecule is C=C(C)C(=O)OC.C=CC.C=CC(=O)OC(C)(C)C.C=Cc1ccccc1. The topological polar surface area (TPSA) is 52.6 Å². The molecular weight excluding hydrogens is 340 g/mol. The monoisotopic (exact) mass is 374 g/mol. The minimum absolute atomic E-state index is 0.347. The van der Waals surface area contributed by atoms with Crippen LogP contribution in [0.25, 0.3) is 6.08 Å². The fourth-order valence-corrected chi connectivity index (χ4v) is 1.11. The van der Waals surface area contributed by atoms with Gasteiger partial charge < -0.3 is 9.47 Å². The molecule has 0 fully saturated rings. The van der Waals surface area contributed by atoms with E-state index in [4.69, 9.17) is 4.74 Å². The van der Waals surface area contributed by atoms with Gasteiger partial charge in [0.25, 0.3) is 0 Å². The summed E-state index contributed by atoms with van der Waals surface area (Å²) in [5.74, 6) is -0.720. The van der Waals surface area contributed by atoms with Gasteiger partial charge in [-0.2, -0.15) is 0 Å². The summed E-state index contributed by atoms with van der Waals surface area (Å²) in [5.41, 5.74) is 1.21. The van der Waals surface area contributed by atoms with Crippen molar-refractivity contribution in [2.75, 3.05) is 7.11 Å². The normalized spacial score (nSPS) is 8.52. The Morgan fingerprint density at radius 1 is 1.04 bits per heavy atom. The standard InChI is InChI=1S/C8H8.C7H12O2.C5H8O2.C3H6/c1-2-8-6-4-3-5-7-8;1-5-6(8)9-7(2,3)4;1-4(2)5(6)7-3;1-3-2/h2-7H,1H2;5H,1H2,2-4H3;1H2,2-3H3;3H,1H2,2H3. The predicted molar refractivity (Wildman–Crippen MR) is 115 cm³/mol. The summed E-state index contributed by atoms with van der Waals surface area (Å²) in [7, 11) is 1.33. The molecule has 0 spiro atoms. The number of carbonyl (C=O) groups is 2. The molecule has 1 aromatic carbocycles. The second kappa shape index (κ2) is 17.9. The molecule has 0 aliphatic rings. The molecular formula is C23H34O4. The van der Waals surface area contributed by atoms with Crippen LogP contribution in [-0.2, 0) is 19.1 Å². The molecule has 0 amide bonds. The van der Waals surface area contributed by atoms with Crippen LogP contribution in [0.2, 0.25) is 0 Å². The van der Waals surface area contributed by atoms with E-state index in [0.29, 0.717) is 5.57 Å². The number of methoxy groups -OCH3 is 1. The molecule has 4 heteroatoms. The van der Waals surface area contributed by atoms with Crippen LogP contribution >= 0.6 is 0 Å². The molecule has 0 saturated heterocycles. The van der Waals surface area contributed by atoms with Crippen molar-refractivity contribution in [3.63, 3.8) is 0 Å². The van der Waals surface area contributed by atoms with Gasteiger partial charge in [-0.1, -0.05) is 62.2 Å². The predicted octanol–water partition coefficient (Wildman–Crippen LogP) is 5.77. The van der Waals surface area contributed by atoms with Crippen molar-refractivity contribution in [1.29, 1.82) is 0 Å².